The molecule has 0 bridgehead atoms. The minimum absolute atomic E-state index is 0.461. The highest BCUT2D eigenvalue weighted by Gasteiger charge is 2.23. The van der Waals surface area contributed by atoms with E-state index >= 15 is 0 Å². The first-order chi connectivity index (χ1) is 10.2. The Balaban J connectivity index is 2.28. The van der Waals surface area contributed by atoms with Crippen LogP contribution in [-0.4, -0.2) is 0 Å². The molecule has 106 valence electrons. The Hall–Kier alpha value is -2.05. The van der Waals surface area contributed by atoms with Crippen molar-refractivity contribution in [2.24, 2.45) is 0 Å². The third kappa shape index (κ3) is 2.59. The van der Waals surface area contributed by atoms with Gasteiger partial charge in [-0.25, -0.2) is 4.98 Å². The summed E-state index contributed by atoms with van der Waals surface area (Å²) in [6.45, 7) is 0. The summed E-state index contributed by atoms with van der Waals surface area (Å²) in [4.78, 5) is 3.24. The number of nitrogens with two attached hydrogens (primary N) is 1. The number of nitrogens with one attached hydrogen (secondary N) is 1. The molecule has 1 aliphatic rings. The zero-order valence-corrected chi connectivity index (χ0v) is 12.5. The van der Waals surface area contributed by atoms with E-state index in [2.05, 4.69) is 11.1 Å². The summed E-state index contributed by atoms with van der Waals surface area (Å²) in [5.74, 6) is 0.461. The number of fused-ring (bicyclic) bond motifs is 1. The Morgan fingerprint density at radius 2 is 1.81 bits per heavy atom. The number of nitrogens with zero attached hydrogens (tertiary/aromatic N) is 1. The van der Waals surface area contributed by atoms with Crippen LogP contribution in [0.2, 0.25) is 5.02 Å². The SMILES string of the molecule is N#Cc1c(N)[nH+]c2c(c1-c1ccc(Cl)cc1)CCCCC2. The van der Waals surface area contributed by atoms with Gasteiger partial charge in [-0.3, -0.25) is 5.73 Å². The molecule has 0 spiro atoms. The van der Waals surface area contributed by atoms with Gasteiger partial charge in [0.05, 0.1) is 0 Å². The summed E-state index contributed by atoms with van der Waals surface area (Å²) in [5.41, 5.74) is 11.0. The number of rotatable bonds is 1. The predicted octanol–water partition coefficient (Wildman–Crippen LogP) is 3.54. The van der Waals surface area contributed by atoms with Crippen molar-refractivity contribution in [3.8, 4) is 17.2 Å². The molecule has 0 atom stereocenters. The average Bonchev–Trinajstić information content (AvgIpc) is 2.72. The zero-order valence-electron chi connectivity index (χ0n) is 11.7. The molecule has 0 saturated heterocycles. The molecule has 4 heteroatoms. The van der Waals surface area contributed by atoms with Gasteiger partial charge in [-0.2, -0.15) is 5.26 Å². The Kier molecular flexibility index (Phi) is 3.81. The van der Waals surface area contributed by atoms with E-state index in [4.69, 9.17) is 17.3 Å². The van der Waals surface area contributed by atoms with Crippen LogP contribution in [0.15, 0.2) is 24.3 Å². The van der Waals surface area contributed by atoms with Crippen LogP contribution in [0, 0.1) is 11.3 Å². The fourth-order valence-corrected chi connectivity index (χ4v) is 3.18. The molecule has 3 nitrogen and oxygen atoms in total. The number of aryl methyl sites for hydroxylation is 1. The summed E-state index contributed by atoms with van der Waals surface area (Å²) < 4.78 is 0. The number of hydrogen-bond acceptors (Lipinski definition) is 2. The van der Waals surface area contributed by atoms with Crippen molar-refractivity contribution in [1.82, 2.24) is 0 Å². The quantitative estimate of drug-likeness (QED) is 0.818. The predicted molar refractivity (Wildman–Crippen MR) is 83.8 cm³/mol. The molecule has 1 aromatic carbocycles. The molecule has 0 unspecified atom stereocenters. The van der Waals surface area contributed by atoms with Crippen LogP contribution in [-0.2, 0) is 12.8 Å². The van der Waals surface area contributed by atoms with Gasteiger partial charge in [0.25, 0.3) is 5.82 Å². The molecule has 0 saturated carbocycles. The summed E-state index contributed by atoms with van der Waals surface area (Å²) in [5, 5.41) is 10.2. The first-order valence-corrected chi connectivity index (χ1v) is 7.61. The van der Waals surface area contributed by atoms with Gasteiger partial charge in [0.15, 0.2) is 0 Å². The largest absolute Gasteiger partial charge is 0.289 e. The molecular weight excluding hydrogens is 282 g/mol. The van der Waals surface area contributed by atoms with Crippen LogP contribution < -0.4 is 10.7 Å². The fourth-order valence-electron chi connectivity index (χ4n) is 3.06. The van der Waals surface area contributed by atoms with Crippen molar-refractivity contribution in [1.29, 1.82) is 5.26 Å². The molecule has 0 aliphatic heterocycles. The number of halogens is 1. The van der Waals surface area contributed by atoms with Crippen LogP contribution in [0.4, 0.5) is 5.82 Å². The van der Waals surface area contributed by atoms with E-state index in [0.29, 0.717) is 16.4 Å². The van der Waals surface area contributed by atoms with Crippen LogP contribution in [0.25, 0.3) is 11.1 Å². The molecular formula is C17H17ClN3+. The lowest BCUT2D eigenvalue weighted by atomic mass is 9.92. The van der Waals surface area contributed by atoms with Crippen molar-refractivity contribution >= 4 is 17.4 Å². The van der Waals surface area contributed by atoms with E-state index in [1.807, 2.05) is 24.3 Å². The molecule has 0 amide bonds. The second-order valence-electron chi connectivity index (χ2n) is 5.43. The Morgan fingerprint density at radius 1 is 1.10 bits per heavy atom. The maximum Gasteiger partial charge on any atom is 0.289 e. The highest BCUT2D eigenvalue weighted by atomic mass is 35.5. The first kappa shape index (κ1) is 13.9. The lowest BCUT2D eigenvalue weighted by molar-refractivity contribution is -0.373. The van der Waals surface area contributed by atoms with Crippen LogP contribution in [0.3, 0.4) is 0 Å². The lowest BCUT2D eigenvalue weighted by Gasteiger charge is -2.13. The van der Waals surface area contributed by atoms with Gasteiger partial charge in [-0.05, 0) is 37.0 Å². The van der Waals surface area contributed by atoms with E-state index in [1.54, 1.807) is 0 Å². The van der Waals surface area contributed by atoms with Crippen LogP contribution in [0.5, 0.6) is 0 Å². The number of aromatic nitrogens is 1. The second kappa shape index (κ2) is 5.75. The maximum atomic E-state index is 9.51. The van der Waals surface area contributed by atoms with Gasteiger partial charge in [0, 0.05) is 22.6 Å². The normalized spacial score (nSPS) is 14.1. The molecule has 0 radical (unpaired) electrons. The molecule has 3 N–H and O–H groups in total. The number of pyridine rings is 1. The topological polar surface area (TPSA) is 64.0 Å². The van der Waals surface area contributed by atoms with Crippen molar-refractivity contribution in [2.75, 3.05) is 5.73 Å². The van der Waals surface area contributed by atoms with Crippen LogP contribution >= 0.6 is 11.6 Å². The van der Waals surface area contributed by atoms with Crippen molar-refractivity contribution < 1.29 is 4.98 Å². The molecule has 1 aromatic heterocycles. The molecule has 3 rings (SSSR count). The number of anilines is 1. The summed E-state index contributed by atoms with van der Waals surface area (Å²) in [6, 6.07) is 9.89. The van der Waals surface area contributed by atoms with Crippen molar-refractivity contribution in [2.45, 2.75) is 32.1 Å². The zero-order chi connectivity index (χ0) is 14.8. The van der Waals surface area contributed by atoms with Gasteiger partial charge >= 0.3 is 0 Å². The number of nitriles is 1. The third-order valence-corrected chi connectivity index (χ3v) is 4.32. The number of H-pyrrole nitrogens is 1. The monoisotopic (exact) mass is 298 g/mol. The maximum absolute atomic E-state index is 9.51. The van der Waals surface area contributed by atoms with E-state index in [9.17, 15) is 5.26 Å². The van der Waals surface area contributed by atoms with E-state index in [-0.39, 0.29) is 0 Å². The Bertz CT molecular complexity index is 714. The summed E-state index contributed by atoms with van der Waals surface area (Å²) >= 11 is 5.98. The third-order valence-electron chi connectivity index (χ3n) is 4.07. The van der Waals surface area contributed by atoms with Crippen LogP contribution in [0.1, 0.15) is 36.1 Å². The molecule has 1 heterocycles. The summed E-state index contributed by atoms with van der Waals surface area (Å²) in [6.07, 6.45) is 5.50. The highest BCUT2D eigenvalue weighted by molar-refractivity contribution is 6.30. The van der Waals surface area contributed by atoms with Gasteiger partial charge in [-0.1, -0.05) is 30.2 Å². The van der Waals surface area contributed by atoms with Gasteiger partial charge < -0.3 is 0 Å². The standard InChI is InChI=1S/C17H16ClN3/c18-12-8-6-11(7-9-12)16-13-4-2-1-3-5-15(13)21-17(20)14(16)10-19/h6-9H,1-5H2,(H2,20,21)/p+1. The highest BCUT2D eigenvalue weighted by Crippen LogP contribution is 2.34. The van der Waals surface area contributed by atoms with Crippen molar-refractivity contribution in [3.05, 3.63) is 46.1 Å². The van der Waals surface area contributed by atoms with E-state index in [0.717, 1.165) is 36.8 Å². The molecule has 1 aliphatic carbocycles. The van der Waals surface area contributed by atoms with E-state index < -0.39 is 0 Å². The van der Waals surface area contributed by atoms with Gasteiger partial charge in [-0.15, -0.1) is 0 Å². The first-order valence-electron chi connectivity index (χ1n) is 7.23. The lowest BCUT2D eigenvalue weighted by Crippen LogP contribution is -2.21. The molecule has 2 aromatic rings. The number of nitrogen functional groups attached to an aromatic ring is 1. The summed E-state index contributed by atoms with van der Waals surface area (Å²) in [7, 11) is 0. The fraction of sp³-hybridized carbons (Fsp3) is 0.294. The number of hydrogen-bond donors (Lipinski definition) is 1. The van der Waals surface area contributed by atoms with Gasteiger partial charge in [0.2, 0.25) is 0 Å². The molecule has 21 heavy (non-hydrogen) atoms. The Labute approximate surface area is 129 Å². The smallest absolute Gasteiger partial charge is 0.286 e. The minimum atomic E-state index is 0.461. The number of benzene rings is 1. The average molecular weight is 299 g/mol. The Morgan fingerprint density at radius 3 is 2.52 bits per heavy atom. The minimum Gasteiger partial charge on any atom is -0.286 e. The second-order valence-corrected chi connectivity index (χ2v) is 5.86. The van der Waals surface area contributed by atoms with E-state index in [1.165, 1.54) is 17.7 Å². The van der Waals surface area contributed by atoms with Gasteiger partial charge in [0.1, 0.15) is 17.3 Å². The van der Waals surface area contributed by atoms with Crippen molar-refractivity contribution in [3.63, 3.8) is 0 Å². The number of aromatic amines is 1. The molecule has 0 fully saturated rings.